The first-order chi connectivity index (χ1) is 13.2. The molecule has 2 aromatic rings. The first-order valence-corrected chi connectivity index (χ1v) is 9.76. The van der Waals surface area contributed by atoms with E-state index in [0.29, 0.717) is 34.0 Å². The Morgan fingerprint density at radius 2 is 1.75 bits per heavy atom. The van der Waals surface area contributed by atoms with Crippen molar-refractivity contribution in [2.75, 3.05) is 19.2 Å². The van der Waals surface area contributed by atoms with Gasteiger partial charge in [0.25, 0.3) is 5.91 Å². The van der Waals surface area contributed by atoms with Gasteiger partial charge in [-0.1, -0.05) is 0 Å². The number of hydrogen-bond acceptors (Lipinski definition) is 6. The zero-order valence-electron chi connectivity index (χ0n) is 15.5. The van der Waals surface area contributed by atoms with Gasteiger partial charge in [0.2, 0.25) is 10.0 Å². The second kappa shape index (κ2) is 7.45. The fraction of sp³-hybridized carbons (Fsp3) is 0.158. The van der Waals surface area contributed by atoms with E-state index in [2.05, 4.69) is 5.10 Å². The van der Waals surface area contributed by atoms with E-state index >= 15 is 0 Å². The second-order valence-electron chi connectivity index (χ2n) is 6.01. The molecule has 0 atom stereocenters. The molecule has 146 valence electrons. The topological polar surface area (TPSA) is 111 Å². The number of sulfonamides is 1. The predicted octanol–water partition coefficient (Wildman–Crippen LogP) is 2.16. The van der Waals surface area contributed by atoms with E-state index in [1.807, 2.05) is 0 Å². The van der Waals surface area contributed by atoms with Gasteiger partial charge >= 0.3 is 0 Å². The van der Waals surface area contributed by atoms with Crippen LogP contribution in [0.3, 0.4) is 0 Å². The maximum atomic E-state index is 12.9. The van der Waals surface area contributed by atoms with Gasteiger partial charge in [-0.25, -0.2) is 13.6 Å². The number of hydrazone groups is 1. The fourth-order valence-electron chi connectivity index (χ4n) is 2.74. The van der Waals surface area contributed by atoms with Crippen molar-refractivity contribution in [3.05, 3.63) is 53.6 Å². The van der Waals surface area contributed by atoms with Gasteiger partial charge in [0.15, 0.2) is 0 Å². The van der Waals surface area contributed by atoms with Gasteiger partial charge in [-0.05, 0) is 55.5 Å². The molecular formula is C19H19N3O5S. The maximum Gasteiger partial charge on any atom is 0.280 e. The normalized spacial score (nSPS) is 15.7. The lowest BCUT2D eigenvalue weighted by atomic mass is 10.1. The molecule has 0 fully saturated rings. The number of benzene rings is 2. The number of amides is 1. The van der Waals surface area contributed by atoms with Crippen molar-refractivity contribution in [1.29, 1.82) is 0 Å². The fourth-order valence-corrected chi connectivity index (χ4v) is 3.26. The smallest absolute Gasteiger partial charge is 0.280 e. The molecule has 1 aliphatic rings. The third-order valence-corrected chi connectivity index (χ3v) is 5.14. The van der Waals surface area contributed by atoms with E-state index in [0.717, 1.165) is 0 Å². The SMILES string of the molecule is COc1ccc(OC)c(/C=C2\C(=O)N(c3ccc(S(N)(=O)=O)cc3)N=C2C)c1. The zero-order chi connectivity index (χ0) is 20.5. The first-order valence-electron chi connectivity index (χ1n) is 8.21. The number of primary sulfonamides is 1. The van der Waals surface area contributed by atoms with Crippen LogP contribution in [0.4, 0.5) is 5.69 Å². The highest BCUT2D eigenvalue weighted by Gasteiger charge is 2.29. The molecule has 0 spiro atoms. The van der Waals surface area contributed by atoms with Crippen LogP contribution in [0.5, 0.6) is 11.5 Å². The van der Waals surface area contributed by atoms with Gasteiger partial charge in [0.05, 0.1) is 36.1 Å². The number of nitrogens with zero attached hydrogens (tertiary/aromatic N) is 2. The Kier molecular flexibility index (Phi) is 5.21. The molecule has 1 amide bonds. The molecule has 1 heterocycles. The van der Waals surface area contributed by atoms with Crippen LogP contribution in [0.1, 0.15) is 12.5 Å². The second-order valence-corrected chi connectivity index (χ2v) is 7.57. The minimum absolute atomic E-state index is 0.0412. The van der Waals surface area contributed by atoms with E-state index in [9.17, 15) is 13.2 Å². The van der Waals surface area contributed by atoms with E-state index in [4.69, 9.17) is 14.6 Å². The van der Waals surface area contributed by atoms with E-state index < -0.39 is 10.0 Å². The summed E-state index contributed by atoms with van der Waals surface area (Å²) in [5.41, 5.74) is 2.01. The number of carbonyl (C=O) groups is 1. The number of methoxy groups -OCH3 is 2. The Bertz CT molecular complexity index is 1090. The quantitative estimate of drug-likeness (QED) is 0.772. The van der Waals surface area contributed by atoms with Crippen LogP contribution in [0.25, 0.3) is 6.08 Å². The Labute approximate surface area is 162 Å². The van der Waals surface area contributed by atoms with Crippen molar-refractivity contribution in [2.45, 2.75) is 11.8 Å². The largest absolute Gasteiger partial charge is 0.497 e. The van der Waals surface area contributed by atoms with Crippen molar-refractivity contribution in [3.8, 4) is 11.5 Å². The lowest BCUT2D eigenvalue weighted by molar-refractivity contribution is -0.114. The van der Waals surface area contributed by atoms with Crippen LogP contribution >= 0.6 is 0 Å². The minimum atomic E-state index is -3.81. The molecule has 2 N–H and O–H groups in total. The monoisotopic (exact) mass is 401 g/mol. The van der Waals surface area contributed by atoms with Crippen LogP contribution in [-0.2, 0) is 14.8 Å². The van der Waals surface area contributed by atoms with Gasteiger partial charge in [0, 0.05) is 5.56 Å². The molecule has 0 radical (unpaired) electrons. The summed E-state index contributed by atoms with van der Waals surface area (Å²) in [5.74, 6) is 0.874. The summed E-state index contributed by atoms with van der Waals surface area (Å²) in [6.45, 7) is 1.72. The number of carbonyl (C=O) groups excluding carboxylic acids is 1. The molecule has 8 nitrogen and oxygen atoms in total. The molecule has 0 saturated carbocycles. The predicted molar refractivity (Wildman–Crippen MR) is 106 cm³/mol. The van der Waals surface area contributed by atoms with Crippen LogP contribution in [0.15, 0.2) is 58.0 Å². The van der Waals surface area contributed by atoms with Crippen molar-refractivity contribution in [3.63, 3.8) is 0 Å². The standard InChI is InChI=1S/C19H19N3O5S/c1-12-17(11-13-10-15(26-2)6-9-18(13)27-3)19(23)22(21-12)14-4-7-16(8-5-14)28(20,24)25/h4-11H,1-3H3,(H2,20,24,25)/b17-11-. The molecule has 3 rings (SSSR count). The molecule has 0 saturated heterocycles. The lowest BCUT2D eigenvalue weighted by Gasteiger charge is -2.12. The average molecular weight is 401 g/mol. The summed E-state index contributed by atoms with van der Waals surface area (Å²) in [6.07, 6.45) is 1.68. The molecule has 0 aliphatic carbocycles. The summed E-state index contributed by atoms with van der Waals surface area (Å²) in [6, 6.07) is 10.9. The van der Waals surface area contributed by atoms with Crippen LogP contribution in [0.2, 0.25) is 0 Å². The summed E-state index contributed by atoms with van der Waals surface area (Å²) in [4.78, 5) is 12.8. The minimum Gasteiger partial charge on any atom is -0.497 e. The maximum absolute atomic E-state index is 12.9. The van der Waals surface area contributed by atoms with E-state index in [-0.39, 0.29) is 10.8 Å². The number of ether oxygens (including phenoxy) is 2. The summed E-state index contributed by atoms with van der Waals surface area (Å²) >= 11 is 0. The molecule has 28 heavy (non-hydrogen) atoms. The number of anilines is 1. The summed E-state index contributed by atoms with van der Waals surface area (Å²) in [5, 5.41) is 10.6. The lowest BCUT2D eigenvalue weighted by Crippen LogP contribution is -2.21. The Hall–Kier alpha value is -3.17. The van der Waals surface area contributed by atoms with Gasteiger partial charge in [-0.15, -0.1) is 0 Å². The van der Waals surface area contributed by atoms with Crippen molar-refractivity contribution < 1.29 is 22.7 Å². The van der Waals surface area contributed by atoms with E-state index in [1.165, 1.54) is 29.3 Å². The third kappa shape index (κ3) is 3.75. The molecule has 9 heteroatoms. The van der Waals surface area contributed by atoms with Crippen molar-refractivity contribution in [2.24, 2.45) is 10.2 Å². The summed E-state index contributed by atoms with van der Waals surface area (Å²) < 4.78 is 33.4. The molecule has 2 aromatic carbocycles. The molecule has 0 unspecified atom stereocenters. The first kappa shape index (κ1) is 19.6. The van der Waals surface area contributed by atoms with Gasteiger partial charge in [0.1, 0.15) is 11.5 Å². The Balaban J connectivity index is 1.96. The van der Waals surface area contributed by atoms with Crippen LogP contribution in [0, 0.1) is 0 Å². The zero-order valence-corrected chi connectivity index (χ0v) is 16.4. The molecular weight excluding hydrogens is 382 g/mol. The Morgan fingerprint density at radius 1 is 1.07 bits per heavy atom. The van der Waals surface area contributed by atoms with Crippen molar-refractivity contribution in [1.82, 2.24) is 0 Å². The Morgan fingerprint density at radius 3 is 2.32 bits per heavy atom. The van der Waals surface area contributed by atoms with Gasteiger partial charge < -0.3 is 9.47 Å². The van der Waals surface area contributed by atoms with Gasteiger partial charge in [-0.3, -0.25) is 4.79 Å². The van der Waals surface area contributed by atoms with Crippen molar-refractivity contribution >= 4 is 33.4 Å². The number of hydrogen-bond donors (Lipinski definition) is 1. The highest BCUT2D eigenvalue weighted by atomic mass is 32.2. The molecule has 1 aliphatic heterocycles. The third-order valence-electron chi connectivity index (χ3n) is 4.21. The average Bonchev–Trinajstić information content (AvgIpc) is 2.95. The molecule has 0 aromatic heterocycles. The van der Waals surface area contributed by atoms with Gasteiger partial charge in [-0.2, -0.15) is 10.1 Å². The summed E-state index contributed by atoms with van der Waals surface area (Å²) in [7, 11) is -0.713. The van der Waals surface area contributed by atoms with E-state index in [1.54, 1.807) is 45.4 Å². The highest BCUT2D eigenvalue weighted by molar-refractivity contribution is 7.89. The number of rotatable bonds is 5. The highest BCUT2D eigenvalue weighted by Crippen LogP contribution is 2.30. The molecule has 0 bridgehead atoms. The number of nitrogens with two attached hydrogens (primary N) is 1. The van der Waals surface area contributed by atoms with Crippen LogP contribution in [-0.4, -0.2) is 34.3 Å². The van der Waals surface area contributed by atoms with Crippen LogP contribution < -0.4 is 19.6 Å².